The van der Waals surface area contributed by atoms with Gasteiger partial charge in [-0.2, -0.15) is 4.91 Å². The van der Waals surface area contributed by atoms with Crippen LogP contribution in [-0.4, -0.2) is 61.3 Å². The summed E-state index contributed by atoms with van der Waals surface area (Å²) in [5, 5.41) is 16.4. The number of nitroso groups, excluding NO2 is 1. The molecule has 2 aromatic rings. The molecule has 4 N–H and O–H groups in total. The van der Waals surface area contributed by atoms with E-state index in [0.29, 0.717) is 31.7 Å². The number of fused-ring (bicyclic) bond motifs is 2. The second-order valence-electron chi connectivity index (χ2n) is 12.7. The van der Waals surface area contributed by atoms with Crippen molar-refractivity contribution < 1.29 is 14.6 Å². The molecule has 0 fully saturated rings. The van der Waals surface area contributed by atoms with E-state index in [-0.39, 0.29) is 24.4 Å². The molecule has 0 saturated heterocycles. The minimum absolute atomic E-state index is 0.0800. The zero-order chi connectivity index (χ0) is 33.3. The van der Waals surface area contributed by atoms with Gasteiger partial charge in [-0.15, -0.1) is 0 Å². The van der Waals surface area contributed by atoms with Crippen molar-refractivity contribution >= 4 is 24.0 Å². The van der Waals surface area contributed by atoms with E-state index in [1.165, 1.54) is 22.3 Å². The van der Waals surface area contributed by atoms with E-state index in [0.717, 1.165) is 47.9 Å². The predicted molar refractivity (Wildman–Crippen MR) is 191 cm³/mol. The number of ether oxygens (including phenoxy) is 1. The fourth-order valence-corrected chi connectivity index (χ4v) is 6.94. The van der Waals surface area contributed by atoms with E-state index in [4.69, 9.17) is 10.5 Å². The topological polar surface area (TPSA) is 117 Å². The normalized spacial score (nSPS) is 18.7. The van der Waals surface area contributed by atoms with Crippen molar-refractivity contribution in [1.29, 1.82) is 0 Å². The predicted octanol–water partition coefficient (Wildman–Crippen LogP) is 5.13. The molecule has 1 amide bonds. The summed E-state index contributed by atoms with van der Waals surface area (Å²) in [5.74, 6) is -0.134. The zero-order valence-corrected chi connectivity index (χ0v) is 27.8. The van der Waals surface area contributed by atoms with E-state index >= 15 is 0 Å². The van der Waals surface area contributed by atoms with Crippen molar-refractivity contribution in [3.8, 4) is 0 Å². The molecule has 0 aromatic heterocycles. The standard InChI is InChI=1S/C38H47BN4O4/c1-4-28(30-15-7-5-13-26(30)2)22-43(23-29-14-6-12-20-36(29)39(45)42-46)24-37(38(44)41-27(3)21-40)47-25-35-33-18-10-8-16-31(33)32-17-9-11-19-34(32)35/h4-7,10,12-15,17-20,27,35,37,45H,8-9,11,16,21-25,40H2,1-3H3,(H,41,44)/b28-4-/t27-,35?,37?/m0/s1. The summed E-state index contributed by atoms with van der Waals surface area (Å²) in [7, 11) is -1.48. The second kappa shape index (κ2) is 16.3. The third-order valence-corrected chi connectivity index (χ3v) is 9.46. The number of carbonyl (C=O) groups excluding carboxylic acids is 1. The lowest BCUT2D eigenvalue weighted by Crippen LogP contribution is -2.49. The summed E-state index contributed by atoms with van der Waals surface area (Å²) in [6.07, 6.45) is 14.6. The molecule has 3 atom stereocenters. The first-order valence-corrected chi connectivity index (χ1v) is 16.8. The maximum atomic E-state index is 13.9. The van der Waals surface area contributed by atoms with Crippen LogP contribution in [0.2, 0.25) is 0 Å². The van der Waals surface area contributed by atoms with Crippen LogP contribution in [0.5, 0.6) is 0 Å². The fraction of sp³-hybridized carbons (Fsp3) is 0.395. The SMILES string of the molecule is C/C=C(/CN(Cc1ccccc1B(O)N=O)CC(OCC1C2=CCCC=C2C2=C1C=CCC2)C(=O)N[C@@H](C)CN)c1ccccc1C. The van der Waals surface area contributed by atoms with Crippen LogP contribution >= 0.6 is 0 Å². The third-order valence-electron chi connectivity index (χ3n) is 9.46. The summed E-state index contributed by atoms with van der Waals surface area (Å²) >= 11 is 0. The number of hydrogen-bond acceptors (Lipinski definition) is 7. The van der Waals surface area contributed by atoms with E-state index in [1.807, 2.05) is 38.1 Å². The highest BCUT2D eigenvalue weighted by atomic mass is 16.5. The average molecular weight is 635 g/mol. The molecular formula is C38H47BN4O4. The minimum Gasteiger partial charge on any atom is -0.425 e. The molecule has 8 nitrogen and oxygen atoms in total. The van der Waals surface area contributed by atoms with Gasteiger partial charge in [0, 0.05) is 38.1 Å². The van der Waals surface area contributed by atoms with Crippen LogP contribution in [0.4, 0.5) is 0 Å². The molecule has 47 heavy (non-hydrogen) atoms. The van der Waals surface area contributed by atoms with E-state index in [2.05, 4.69) is 64.7 Å². The lowest BCUT2D eigenvalue weighted by Gasteiger charge is -2.31. The molecule has 0 aliphatic heterocycles. The molecule has 3 aliphatic carbocycles. The van der Waals surface area contributed by atoms with Crippen LogP contribution in [0.25, 0.3) is 5.57 Å². The van der Waals surface area contributed by atoms with E-state index in [9.17, 15) is 14.7 Å². The van der Waals surface area contributed by atoms with Crippen LogP contribution in [0, 0.1) is 17.7 Å². The number of nitrogens with zero attached hydrogens (tertiary/aromatic N) is 2. The molecule has 2 unspecified atom stereocenters. The van der Waals surface area contributed by atoms with Gasteiger partial charge in [0.1, 0.15) is 6.10 Å². The van der Waals surface area contributed by atoms with Gasteiger partial charge < -0.3 is 20.8 Å². The number of amides is 1. The van der Waals surface area contributed by atoms with Gasteiger partial charge in [-0.25, -0.2) is 0 Å². The van der Waals surface area contributed by atoms with Crippen LogP contribution in [-0.2, 0) is 16.1 Å². The molecule has 0 bridgehead atoms. The molecule has 0 spiro atoms. The quantitative estimate of drug-likeness (QED) is 0.185. The summed E-state index contributed by atoms with van der Waals surface area (Å²) in [4.78, 5) is 27.4. The number of carbonyl (C=O) groups is 1. The molecule has 0 radical (unpaired) electrons. The van der Waals surface area contributed by atoms with E-state index in [1.54, 1.807) is 12.1 Å². The van der Waals surface area contributed by atoms with Crippen molar-refractivity contribution in [3.05, 3.63) is 123 Å². The maximum Gasteiger partial charge on any atom is 0.517 e. The first-order valence-electron chi connectivity index (χ1n) is 16.8. The summed E-state index contributed by atoms with van der Waals surface area (Å²) in [6, 6.07) is 15.3. The Morgan fingerprint density at radius 2 is 1.94 bits per heavy atom. The number of hydrogen-bond donors (Lipinski definition) is 3. The van der Waals surface area contributed by atoms with Crippen molar-refractivity contribution in [2.45, 2.75) is 65.1 Å². The van der Waals surface area contributed by atoms with Crippen LogP contribution < -0.4 is 16.5 Å². The smallest absolute Gasteiger partial charge is 0.425 e. The summed E-state index contributed by atoms with van der Waals surface area (Å²) in [6.45, 7) is 7.85. The molecule has 246 valence electrons. The Hall–Kier alpha value is -3.89. The number of rotatable bonds is 15. The van der Waals surface area contributed by atoms with Crippen molar-refractivity contribution in [2.24, 2.45) is 16.7 Å². The fourth-order valence-electron chi connectivity index (χ4n) is 6.94. The molecular weight excluding hydrogens is 587 g/mol. The molecule has 5 rings (SSSR count). The first-order chi connectivity index (χ1) is 22.8. The van der Waals surface area contributed by atoms with Gasteiger partial charge in [-0.05, 0) is 96.5 Å². The molecule has 2 aromatic carbocycles. The van der Waals surface area contributed by atoms with Crippen molar-refractivity contribution in [2.75, 3.05) is 26.2 Å². The number of benzene rings is 2. The maximum absolute atomic E-state index is 13.9. The van der Waals surface area contributed by atoms with Crippen LogP contribution in [0.3, 0.4) is 0 Å². The van der Waals surface area contributed by atoms with Gasteiger partial charge in [0.2, 0.25) is 0 Å². The number of nitrogens with two attached hydrogens (primary N) is 1. The third kappa shape index (κ3) is 8.16. The van der Waals surface area contributed by atoms with Crippen LogP contribution in [0.15, 0.2) is 106 Å². The number of nitrogens with one attached hydrogen (secondary N) is 1. The highest BCUT2D eigenvalue weighted by Crippen LogP contribution is 2.47. The number of allylic oxidation sites excluding steroid dienone is 7. The number of aryl methyl sites for hydroxylation is 1. The minimum atomic E-state index is -1.48. The first kappa shape index (κ1) is 34.4. The Bertz CT molecular complexity index is 1610. The Kier molecular flexibility index (Phi) is 11.9. The average Bonchev–Trinajstić information content (AvgIpc) is 3.42. The van der Waals surface area contributed by atoms with Gasteiger partial charge in [-0.3, -0.25) is 9.69 Å². The molecule has 0 saturated carbocycles. The lowest BCUT2D eigenvalue weighted by molar-refractivity contribution is -0.135. The Labute approximate surface area is 279 Å². The second-order valence-corrected chi connectivity index (χ2v) is 12.7. The monoisotopic (exact) mass is 634 g/mol. The summed E-state index contributed by atoms with van der Waals surface area (Å²) < 4.78 is 6.67. The Morgan fingerprint density at radius 3 is 2.70 bits per heavy atom. The zero-order valence-electron chi connectivity index (χ0n) is 27.8. The molecule has 3 aliphatic rings. The van der Waals surface area contributed by atoms with Gasteiger partial charge in [0.05, 0.1) is 6.61 Å². The molecule has 0 heterocycles. The lowest BCUT2D eigenvalue weighted by atomic mass is 9.73. The van der Waals surface area contributed by atoms with Crippen LogP contribution in [0.1, 0.15) is 56.2 Å². The summed E-state index contributed by atoms with van der Waals surface area (Å²) in [5.41, 5.74) is 15.9. The van der Waals surface area contributed by atoms with E-state index < -0.39 is 13.2 Å². The van der Waals surface area contributed by atoms with Crippen molar-refractivity contribution in [1.82, 2.24) is 10.2 Å². The van der Waals surface area contributed by atoms with Gasteiger partial charge in [-0.1, -0.05) is 84.0 Å². The largest absolute Gasteiger partial charge is 0.517 e. The van der Waals surface area contributed by atoms with Gasteiger partial charge in [0.25, 0.3) is 5.91 Å². The highest BCUT2D eigenvalue weighted by Gasteiger charge is 2.36. The van der Waals surface area contributed by atoms with Gasteiger partial charge >= 0.3 is 7.05 Å². The molecule has 9 heteroatoms. The Balaban J connectivity index is 1.46. The van der Waals surface area contributed by atoms with Gasteiger partial charge in [0.15, 0.2) is 0 Å². The Morgan fingerprint density at radius 1 is 1.17 bits per heavy atom. The highest BCUT2D eigenvalue weighted by molar-refractivity contribution is 6.64. The van der Waals surface area contributed by atoms with Crippen molar-refractivity contribution in [3.63, 3.8) is 0 Å².